The number of nitrogens with zero attached hydrogens (tertiary/aromatic N) is 1. The van der Waals surface area contributed by atoms with Crippen LogP contribution in [-0.4, -0.2) is 17.6 Å². The van der Waals surface area contributed by atoms with Crippen molar-refractivity contribution in [1.82, 2.24) is 4.98 Å². The summed E-state index contributed by atoms with van der Waals surface area (Å²) in [5.74, 6) is 0.183. The molecule has 1 aromatic heterocycles. The maximum absolute atomic E-state index is 12.8. The third kappa shape index (κ3) is 3.68. The van der Waals surface area contributed by atoms with Crippen molar-refractivity contribution in [2.24, 2.45) is 11.8 Å². The van der Waals surface area contributed by atoms with Gasteiger partial charge in [-0.15, -0.1) is 0 Å². The molecule has 0 amide bonds. The number of ether oxygens (including phenoxy) is 1. The van der Waals surface area contributed by atoms with Crippen LogP contribution in [-0.2, 0) is 14.9 Å². The van der Waals surface area contributed by atoms with E-state index >= 15 is 0 Å². The summed E-state index contributed by atoms with van der Waals surface area (Å²) in [6, 6.07) is 23.9. The first-order valence-corrected chi connectivity index (χ1v) is 12.6. The summed E-state index contributed by atoms with van der Waals surface area (Å²) in [5.41, 5.74) is 5.57. The minimum atomic E-state index is -0.284. The van der Waals surface area contributed by atoms with E-state index in [1.807, 2.05) is 19.9 Å². The van der Waals surface area contributed by atoms with Crippen molar-refractivity contribution >= 4 is 27.6 Å². The van der Waals surface area contributed by atoms with E-state index in [0.717, 1.165) is 29.4 Å². The Hall–Kier alpha value is -3.20. The molecule has 1 aliphatic rings. The summed E-state index contributed by atoms with van der Waals surface area (Å²) >= 11 is 0. The number of carbonyl (C=O) groups excluding carboxylic acids is 1. The van der Waals surface area contributed by atoms with E-state index in [1.54, 1.807) is 0 Å². The number of fused-ring (bicyclic) bond motifs is 5. The van der Waals surface area contributed by atoms with Crippen LogP contribution in [0, 0.1) is 11.8 Å². The number of benzene rings is 3. The van der Waals surface area contributed by atoms with Gasteiger partial charge in [0, 0.05) is 16.4 Å². The Morgan fingerprint density at radius 3 is 2.24 bits per heavy atom. The summed E-state index contributed by atoms with van der Waals surface area (Å²) in [5, 5.41) is 3.60. The highest BCUT2D eigenvalue weighted by atomic mass is 16.5. The largest absolute Gasteiger partial charge is 0.466 e. The molecule has 1 unspecified atom stereocenters. The van der Waals surface area contributed by atoms with Gasteiger partial charge in [-0.25, -0.2) is 4.98 Å². The molecule has 5 rings (SSSR count). The Balaban J connectivity index is 1.81. The summed E-state index contributed by atoms with van der Waals surface area (Å²) in [6.07, 6.45) is 2.79. The third-order valence-corrected chi connectivity index (χ3v) is 7.63. The van der Waals surface area contributed by atoms with Gasteiger partial charge in [0.25, 0.3) is 0 Å². The van der Waals surface area contributed by atoms with E-state index in [4.69, 9.17) is 9.72 Å². The molecule has 3 heteroatoms. The molecule has 0 fully saturated rings. The van der Waals surface area contributed by atoms with Crippen molar-refractivity contribution < 1.29 is 9.53 Å². The fourth-order valence-corrected chi connectivity index (χ4v) is 5.82. The molecular formula is C31H33NO2. The van der Waals surface area contributed by atoms with Crippen LogP contribution in [0.3, 0.4) is 0 Å². The maximum atomic E-state index is 12.8. The van der Waals surface area contributed by atoms with E-state index in [9.17, 15) is 4.79 Å². The van der Waals surface area contributed by atoms with Gasteiger partial charge >= 0.3 is 5.97 Å². The van der Waals surface area contributed by atoms with Crippen LogP contribution in [0.25, 0.3) is 32.9 Å². The minimum absolute atomic E-state index is 0.115. The molecule has 1 heterocycles. The Kier molecular flexibility index (Phi) is 5.89. The zero-order valence-corrected chi connectivity index (χ0v) is 20.6. The van der Waals surface area contributed by atoms with E-state index in [-0.39, 0.29) is 17.3 Å². The molecule has 3 nitrogen and oxygen atoms in total. The Morgan fingerprint density at radius 1 is 0.882 bits per heavy atom. The number of esters is 1. The highest BCUT2D eigenvalue weighted by Crippen LogP contribution is 2.56. The molecule has 1 aliphatic carbocycles. The van der Waals surface area contributed by atoms with Gasteiger partial charge in [-0.05, 0) is 71.8 Å². The van der Waals surface area contributed by atoms with Gasteiger partial charge in [0.2, 0.25) is 0 Å². The molecular weight excluding hydrogens is 418 g/mol. The normalized spacial score (nSPS) is 18.5. The van der Waals surface area contributed by atoms with Gasteiger partial charge in [-0.2, -0.15) is 0 Å². The van der Waals surface area contributed by atoms with Crippen LogP contribution in [0.2, 0.25) is 0 Å². The first-order valence-electron chi connectivity index (χ1n) is 12.6. The zero-order chi connectivity index (χ0) is 23.9. The second-order valence-corrected chi connectivity index (χ2v) is 9.98. The molecule has 0 spiro atoms. The number of pyridine rings is 1. The molecule has 0 bridgehead atoms. The topological polar surface area (TPSA) is 39.2 Å². The Bertz CT molecular complexity index is 1290. The van der Waals surface area contributed by atoms with Crippen molar-refractivity contribution in [3.05, 3.63) is 77.9 Å². The van der Waals surface area contributed by atoms with E-state index in [0.29, 0.717) is 18.9 Å². The highest BCUT2D eigenvalue weighted by molar-refractivity contribution is 5.95. The molecule has 174 valence electrons. The predicted molar refractivity (Wildman–Crippen MR) is 140 cm³/mol. The lowest BCUT2D eigenvalue weighted by Crippen LogP contribution is -2.33. The van der Waals surface area contributed by atoms with Crippen LogP contribution in [0.5, 0.6) is 0 Å². The molecule has 0 saturated heterocycles. The van der Waals surface area contributed by atoms with Crippen LogP contribution in [0.1, 0.15) is 58.1 Å². The highest BCUT2D eigenvalue weighted by Gasteiger charge is 2.46. The second-order valence-electron chi connectivity index (χ2n) is 9.98. The smallest absolute Gasteiger partial charge is 0.308 e. The van der Waals surface area contributed by atoms with E-state index < -0.39 is 0 Å². The number of rotatable bonds is 7. The monoisotopic (exact) mass is 451 g/mol. The number of carbonyl (C=O) groups is 1. The lowest BCUT2D eigenvalue weighted by Gasteiger charge is -2.36. The van der Waals surface area contributed by atoms with Crippen molar-refractivity contribution in [2.45, 2.75) is 52.4 Å². The molecule has 3 aromatic carbocycles. The Labute approximate surface area is 202 Å². The summed E-state index contributed by atoms with van der Waals surface area (Å²) in [4.78, 5) is 18.0. The average molecular weight is 452 g/mol. The fourth-order valence-electron chi connectivity index (χ4n) is 5.82. The third-order valence-electron chi connectivity index (χ3n) is 7.63. The van der Waals surface area contributed by atoms with Crippen LogP contribution in [0.15, 0.2) is 66.7 Å². The minimum Gasteiger partial charge on any atom is -0.466 e. The van der Waals surface area contributed by atoms with Crippen molar-refractivity contribution in [3.8, 4) is 11.3 Å². The van der Waals surface area contributed by atoms with E-state index in [1.165, 1.54) is 27.5 Å². The molecule has 0 radical (unpaired) electrons. The summed E-state index contributed by atoms with van der Waals surface area (Å²) in [6.45, 7) is 8.88. The fraction of sp³-hybridized carbons (Fsp3) is 0.355. The standard InChI is InChI=1S/C31H33NO2/c1-5-20(3)18-31(19-21(4)30(33)34-6-2)26-16-23-12-8-7-11-22(23)15-25(26)29-27(31)17-24-13-9-10-14-28(24)32-29/h7-17,20-21H,5-6,18-19H2,1-4H3/t20-,21+,31?/m1/s1. The maximum Gasteiger partial charge on any atom is 0.308 e. The predicted octanol–water partition coefficient (Wildman–Crippen LogP) is 7.68. The number of aromatic nitrogens is 1. The summed E-state index contributed by atoms with van der Waals surface area (Å²) < 4.78 is 5.45. The van der Waals surface area contributed by atoms with Gasteiger partial charge in [-0.3, -0.25) is 4.79 Å². The van der Waals surface area contributed by atoms with Crippen LogP contribution in [0.4, 0.5) is 0 Å². The quantitative estimate of drug-likeness (QED) is 0.271. The van der Waals surface area contributed by atoms with Crippen LogP contribution >= 0.6 is 0 Å². The second kappa shape index (κ2) is 8.87. The first kappa shape index (κ1) is 22.6. The molecule has 3 atom stereocenters. The number of hydrogen-bond acceptors (Lipinski definition) is 3. The molecule has 0 aliphatic heterocycles. The molecule has 0 N–H and O–H groups in total. The van der Waals surface area contributed by atoms with Gasteiger partial charge in [0.05, 0.1) is 23.7 Å². The van der Waals surface area contributed by atoms with Crippen molar-refractivity contribution in [2.75, 3.05) is 6.61 Å². The number of para-hydroxylation sites is 1. The summed E-state index contributed by atoms with van der Waals surface area (Å²) in [7, 11) is 0. The SMILES string of the molecule is CCOC(=O)[C@@H](C)CC1(C[C@H](C)CC)c2cc3ccccc3cc2-c2nc3ccccc3cc21. The number of hydrogen-bond donors (Lipinski definition) is 0. The first-order chi connectivity index (χ1) is 16.5. The van der Waals surface area contributed by atoms with Gasteiger partial charge in [0.15, 0.2) is 0 Å². The van der Waals surface area contributed by atoms with Crippen molar-refractivity contribution in [1.29, 1.82) is 0 Å². The van der Waals surface area contributed by atoms with Crippen molar-refractivity contribution in [3.63, 3.8) is 0 Å². The molecule has 34 heavy (non-hydrogen) atoms. The van der Waals surface area contributed by atoms with E-state index in [2.05, 4.69) is 74.5 Å². The van der Waals surface area contributed by atoms with Gasteiger partial charge in [-0.1, -0.05) is 69.7 Å². The van der Waals surface area contributed by atoms with Gasteiger partial charge < -0.3 is 4.74 Å². The lowest BCUT2D eigenvalue weighted by atomic mass is 9.67. The van der Waals surface area contributed by atoms with Gasteiger partial charge in [0.1, 0.15) is 0 Å². The van der Waals surface area contributed by atoms with Crippen LogP contribution < -0.4 is 0 Å². The average Bonchev–Trinajstić information content (AvgIpc) is 3.09. The lowest BCUT2D eigenvalue weighted by molar-refractivity contribution is -0.148. The Morgan fingerprint density at radius 2 is 1.53 bits per heavy atom. The molecule has 4 aromatic rings. The molecule has 0 saturated carbocycles. The zero-order valence-electron chi connectivity index (χ0n) is 20.6.